The minimum atomic E-state index is 0.750. The fourth-order valence-corrected chi connectivity index (χ4v) is 3.35. The zero-order valence-corrected chi connectivity index (χ0v) is 14.9. The largest absolute Gasteiger partial charge is 0.383 e. The van der Waals surface area contributed by atoms with Gasteiger partial charge in [0.25, 0.3) is 0 Å². The second kappa shape index (κ2) is 8.16. The van der Waals surface area contributed by atoms with Crippen LogP contribution in [0.25, 0.3) is 0 Å². The van der Waals surface area contributed by atoms with Gasteiger partial charge in [-0.25, -0.2) is 0 Å². The van der Waals surface area contributed by atoms with E-state index in [0.717, 1.165) is 31.5 Å². The number of rotatable bonds is 7. The third kappa shape index (κ3) is 4.70. The molecule has 0 aromatic heterocycles. The molecule has 0 amide bonds. The fourth-order valence-electron chi connectivity index (χ4n) is 2.84. The van der Waals surface area contributed by atoms with E-state index in [-0.39, 0.29) is 0 Å². The molecule has 1 fully saturated rings. The second-order valence-corrected chi connectivity index (χ2v) is 7.04. The molecule has 0 spiro atoms. The van der Waals surface area contributed by atoms with Crippen LogP contribution in [0.2, 0.25) is 0 Å². The first-order valence-corrected chi connectivity index (χ1v) is 8.64. The standard InChI is InChI=1S/C17H27BrN2O/c1-13(2)15-6-8-20(12-15)16-5-4-14(17(18)10-16)11-19-7-9-21-3/h4-5,10,13,15,19H,6-9,11-12H2,1-3H3. The van der Waals surface area contributed by atoms with Crippen molar-refractivity contribution in [2.45, 2.75) is 26.8 Å². The van der Waals surface area contributed by atoms with Gasteiger partial charge in [-0.05, 0) is 36.0 Å². The molecule has 2 rings (SSSR count). The topological polar surface area (TPSA) is 24.5 Å². The number of methoxy groups -OCH3 is 1. The lowest BCUT2D eigenvalue weighted by molar-refractivity contribution is 0.199. The molecule has 1 aromatic carbocycles. The van der Waals surface area contributed by atoms with E-state index in [2.05, 4.69) is 58.2 Å². The molecule has 0 radical (unpaired) electrons. The smallest absolute Gasteiger partial charge is 0.0587 e. The van der Waals surface area contributed by atoms with Gasteiger partial charge in [0.15, 0.2) is 0 Å². The van der Waals surface area contributed by atoms with E-state index in [1.807, 2.05) is 0 Å². The molecule has 1 heterocycles. The average Bonchev–Trinajstić information content (AvgIpc) is 2.95. The number of anilines is 1. The van der Waals surface area contributed by atoms with Crippen LogP contribution in [0.4, 0.5) is 5.69 Å². The van der Waals surface area contributed by atoms with Crippen LogP contribution < -0.4 is 10.2 Å². The van der Waals surface area contributed by atoms with Crippen molar-refractivity contribution in [3.05, 3.63) is 28.2 Å². The van der Waals surface area contributed by atoms with Gasteiger partial charge in [-0.1, -0.05) is 35.8 Å². The first-order chi connectivity index (χ1) is 10.1. The summed E-state index contributed by atoms with van der Waals surface area (Å²) in [6.45, 7) is 9.54. The summed E-state index contributed by atoms with van der Waals surface area (Å²) in [6.07, 6.45) is 1.32. The van der Waals surface area contributed by atoms with E-state index in [1.54, 1.807) is 7.11 Å². The molecule has 0 bridgehead atoms. The number of nitrogens with zero attached hydrogens (tertiary/aromatic N) is 1. The molecule has 0 saturated carbocycles. The van der Waals surface area contributed by atoms with Crippen molar-refractivity contribution in [2.75, 3.05) is 38.3 Å². The molecule has 21 heavy (non-hydrogen) atoms. The van der Waals surface area contributed by atoms with E-state index in [0.29, 0.717) is 0 Å². The number of hydrogen-bond donors (Lipinski definition) is 1. The van der Waals surface area contributed by atoms with Crippen LogP contribution in [0.5, 0.6) is 0 Å². The summed E-state index contributed by atoms with van der Waals surface area (Å²) in [4.78, 5) is 2.51. The molecule has 3 nitrogen and oxygen atoms in total. The Hall–Kier alpha value is -0.580. The minimum Gasteiger partial charge on any atom is -0.383 e. The second-order valence-electron chi connectivity index (χ2n) is 6.18. The van der Waals surface area contributed by atoms with Crippen LogP contribution in [-0.2, 0) is 11.3 Å². The maximum absolute atomic E-state index is 5.05. The summed E-state index contributed by atoms with van der Waals surface area (Å²) >= 11 is 3.71. The lowest BCUT2D eigenvalue weighted by Crippen LogP contribution is -2.21. The lowest BCUT2D eigenvalue weighted by atomic mass is 9.95. The van der Waals surface area contributed by atoms with Crippen molar-refractivity contribution in [3.63, 3.8) is 0 Å². The van der Waals surface area contributed by atoms with Crippen LogP contribution in [0.1, 0.15) is 25.8 Å². The van der Waals surface area contributed by atoms with Crippen LogP contribution in [0.3, 0.4) is 0 Å². The van der Waals surface area contributed by atoms with Gasteiger partial charge in [0.1, 0.15) is 0 Å². The quantitative estimate of drug-likeness (QED) is 0.756. The molecule has 0 aliphatic carbocycles. The van der Waals surface area contributed by atoms with Crippen LogP contribution >= 0.6 is 15.9 Å². The number of nitrogens with one attached hydrogen (secondary N) is 1. The van der Waals surface area contributed by atoms with Gasteiger partial charge in [0.05, 0.1) is 6.61 Å². The molecule has 1 unspecified atom stereocenters. The Labute approximate surface area is 137 Å². The van der Waals surface area contributed by atoms with Gasteiger partial charge in [0, 0.05) is 43.4 Å². The van der Waals surface area contributed by atoms with Crippen molar-refractivity contribution < 1.29 is 4.74 Å². The summed E-state index contributed by atoms with van der Waals surface area (Å²) in [6, 6.07) is 6.73. The molecule has 1 aliphatic heterocycles. The first-order valence-electron chi connectivity index (χ1n) is 7.85. The summed E-state index contributed by atoms with van der Waals surface area (Å²) in [7, 11) is 1.73. The predicted molar refractivity (Wildman–Crippen MR) is 92.9 cm³/mol. The monoisotopic (exact) mass is 354 g/mol. The average molecular weight is 355 g/mol. The van der Waals surface area contributed by atoms with E-state index < -0.39 is 0 Å². The highest BCUT2D eigenvalue weighted by molar-refractivity contribution is 9.10. The molecule has 1 N–H and O–H groups in total. The number of ether oxygens (including phenoxy) is 1. The Morgan fingerprint density at radius 2 is 2.24 bits per heavy atom. The number of hydrogen-bond acceptors (Lipinski definition) is 3. The molecule has 1 aliphatic rings. The van der Waals surface area contributed by atoms with Crippen LogP contribution in [-0.4, -0.2) is 33.4 Å². The maximum atomic E-state index is 5.05. The van der Waals surface area contributed by atoms with Gasteiger partial charge in [-0.3, -0.25) is 0 Å². The highest BCUT2D eigenvalue weighted by Crippen LogP contribution is 2.30. The highest BCUT2D eigenvalue weighted by Gasteiger charge is 2.25. The molecular weight excluding hydrogens is 328 g/mol. The van der Waals surface area contributed by atoms with Gasteiger partial charge in [-0.2, -0.15) is 0 Å². The zero-order chi connectivity index (χ0) is 15.2. The van der Waals surface area contributed by atoms with Gasteiger partial charge < -0.3 is 15.0 Å². The predicted octanol–water partition coefficient (Wildman–Crippen LogP) is 3.67. The number of halogens is 1. The lowest BCUT2D eigenvalue weighted by Gasteiger charge is -2.21. The van der Waals surface area contributed by atoms with Gasteiger partial charge in [-0.15, -0.1) is 0 Å². The normalized spacial score (nSPS) is 18.7. The van der Waals surface area contributed by atoms with E-state index >= 15 is 0 Å². The third-order valence-electron chi connectivity index (χ3n) is 4.37. The Bertz CT molecular complexity index is 450. The molecule has 118 valence electrons. The Morgan fingerprint density at radius 1 is 1.43 bits per heavy atom. The van der Waals surface area contributed by atoms with E-state index in [9.17, 15) is 0 Å². The van der Waals surface area contributed by atoms with Gasteiger partial charge >= 0.3 is 0 Å². The first kappa shape index (κ1) is 16.8. The molecule has 1 saturated heterocycles. The highest BCUT2D eigenvalue weighted by atomic mass is 79.9. The summed E-state index contributed by atoms with van der Waals surface area (Å²) < 4.78 is 6.24. The third-order valence-corrected chi connectivity index (χ3v) is 5.11. The van der Waals surface area contributed by atoms with Crippen molar-refractivity contribution in [1.82, 2.24) is 5.32 Å². The van der Waals surface area contributed by atoms with Crippen LogP contribution in [0.15, 0.2) is 22.7 Å². The summed E-state index contributed by atoms with van der Waals surface area (Å²) in [5.74, 6) is 1.61. The van der Waals surface area contributed by atoms with Crippen molar-refractivity contribution in [2.24, 2.45) is 11.8 Å². The molecule has 4 heteroatoms. The van der Waals surface area contributed by atoms with Crippen LogP contribution in [0, 0.1) is 11.8 Å². The van der Waals surface area contributed by atoms with E-state index in [1.165, 1.54) is 35.2 Å². The molecule has 1 atom stereocenters. The maximum Gasteiger partial charge on any atom is 0.0587 e. The molecular formula is C17H27BrN2O. The van der Waals surface area contributed by atoms with Crippen molar-refractivity contribution in [3.8, 4) is 0 Å². The van der Waals surface area contributed by atoms with Crippen molar-refractivity contribution >= 4 is 21.6 Å². The van der Waals surface area contributed by atoms with E-state index in [4.69, 9.17) is 4.74 Å². The molecule has 1 aromatic rings. The van der Waals surface area contributed by atoms with Crippen molar-refractivity contribution in [1.29, 1.82) is 0 Å². The Morgan fingerprint density at radius 3 is 2.86 bits per heavy atom. The Kier molecular flexibility index (Phi) is 6.52. The summed E-state index contributed by atoms with van der Waals surface area (Å²) in [5.41, 5.74) is 2.64. The summed E-state index contributed by atoms with van der Waals surface area (Å²) in [5, 5.41) is 3.39. The number of benzene rings is 1. The zero-order valence-electron chi connectivity index (χ0n) is 13.4. The fraction of sp³-hybridized carbons (Fsp3) is 0.647. The SMILES string of the molecule is COCCNCc1ccc(N2CCC(C(C)C)C2)cc1Br. The minimum absolute atomic E-state index is 0.750. The Balaban J connectivity index is 1.93. The van der Waals surface area contributed by atoms with Gasteiger partial charge in [0.2, 0.25) is 0 Å².